The van der Waals surface area contributed by atoms with Gasteiger partial charge < -0.3 is 15.2 Å². The Hall–Kier alpha value is -1.23. The quantitative estimate of drug-likeness (QED) is 0.875. The number of benzene rings is 2. The predicted octanol–water partition coefficient (Wildman–Crippen LogP) is 4.15. The Kier molecular flexibility index (Phi) is 5.29. The molecule has 0 unspecified atom stereocenters. The lowest BCUT2D eigenvalue weighted by Crippen LogP contribution is -2.04. The molecule has 2 aromatic rings. The Balaban J connectivity index is 2.23. The van der Waals surface area contributed by atoms with Crippen molar-refractivity contribution >= 4 is 27.5 Å². The molecular weight excluding hydrogens is 342 g/mol. The van der Waals surface area contributed by atoms with Gasteiger partial charge in [-0.2, -0.15) is 0 Å². The predicted molar refractivity (Wildman–Crippen MR) is 84.4 cm³/mol. The molecule has 0 bridgehead atoms. The van der Waals surface area contributed by atoms with Crippen LogP contribution in [0.15, 0.2) is 40.9 Å². The molecule has 0 aromatic heterocycles. The molecule has 0 fully saturated rings. The number of halogens is 2. The van der Waals surface area contributed by atoms with Crippen molar-refractivity contribution in [2.75, 3.05) is 7.11 Å². The Bertz CT molecular complexity index is 604. The van der Waals surface area contributed by atoms with Crippen LogP contribution < -0.4 is 15.2 Å². The van der Waals surface area contributed by atoms with Gasteiger partial charge in [-0.15, -0.1) is 0 Å². The summed E-state index contributed by atoms with van der Waals surface area (Å²) in [5.41, 5.74) is 7.51. The fraction of sp³-hybridized carbons (Fsp3) is 0.200. The van der Waals surface area contributed by atoms with Gasteiger partial charge >= 0.3 is 0 Å². The van der Waals surface area contributed by atoms with Crippen LogP contribution in [0, 0.1) is 0 Å². The van der Waals surface area contributed by atoms with Crippen LogP contribution in [0.5, 0.6) is 11.5 Å². The second-order valence-corrected chi connectivity index (χ2v) is 5.50. The zero-order valence-electron chi connectivity index (χ0n) is 11.0. The molecule has 0 aliphatic carbocycles. The molecule has 0 atom stereocenters. The number of hydrogen-bond acceptors (Lipinski definition) is 3. The van der Waals surface area contributed by atoms with E-state index in [1.165, 1.54) is 0 Å². The standard InChI is InChI=1S/C15H15BrClNO2/c1-19-14-6-5-12(16)7-11(14)9-20-15-10(8-18)3-2-4-13(15)17/h2-7H,8-9,18H2,1H3. The van der Waals surface area contributed by atoms with Crippen molar-refractivity contribution in [1.29, 1.82) is 0 Å². The summed E-state index contributed by atoms with van der Waals surface area (Å²) in [5.74, 6) is 1.40. The molecule has 20 heavy (non-hydrogen) atoms. The lowest BCUT2D eigenvalue weighted by molar-refractivity contribution is 0.294. The highest BCUT2D eigenvalue weighted by Crippen LogP contribution is 2.31. The number of nitrogens with two attached hydrogens (primary N) is 1. The van der Waals surface area contributed by atoms with Gasteiger partial charge in [0.25, 0.3) is 0 Å². The molecule has 0 heterocycles. The van der Waals surface area contributed by atoms with Gasteiger partial charge in [-0.1, -0.05) is 39.7 Å². The maximum Gasteiger partial charge on any atom is 0.142 e. The van der Waals surface area contributed by atoms with Crippen LogP contribution in [0.25, 0.3) is 0 Å². The second-order valence-electron chi connectivity index (χ2n) is 4.18. The Labute approximate surface area is 131 Å². The molecule has 0 aliphatic heterocycles. The highest BCUT2D eigenvalue weighted by atomic mass is 79.9. The lowest BCUT2D eigenvalue weighted by Gasteiger charge is -2.14. The first-order valence-corrected chi connectivity index (χ1v) is 7.25. The monoisotopic (exact) mass is 355 g/mol. The van der Waals surface area contributed by atoms with Crippen LogP contribution in [0.3, 0.4) is 0 Å². The van der Waals surface area contributed by atoms with Gasteiger partial charge in [0.1, 0.15) is 18.1 Å². The van der Waals surface area contributed by atoms with E-state index in [0.717, 1.165) is 21.3 Å². The van der Waals surface area contributed by atoms with E-state index in [1.807, 2.05) is 30.3 Å². The molecule has 5 heteroatoms. The number of para-hydroxylation sites is 1. The molecule has 3 nitrogen and oxygen atoms in total. The summed E-state index contributed by atoms with van der Waals surface area (Å²) in [7, 11) is 1.63. The first-order valence-electron chi connectivity index (χ1n) is 6.08. The zero-order valence-corrected chi connectivity index (χ0v) is 13.4. The van der Waals surface area contributed by atoms with Crippen molar-refractivity contribution in [1.82, 2.24) is 0 Å². The molecule has 0 amide bonds. The van der Waals surface area contributed by atoms with Gasteiger partial charge in [-0.25, -0.2) is 0 Å². The smallest absolute Gasteiger partial charge is 0.142 e. The van der Waals surface area contributed by atoms with Crippen molar-refractivity contribution in [3.8, 4) is 11.5 Å². The molecule has 0 saturated carbocycles. The van der Waals surface area contributed by atoms with E-state index in [1.54, 1.807) is 13.2 Å². The molecule has 2 rings (SSSR count). The van der Waals surface area contributed by atoms with E-state index < -0.39 is 0 Å². The minimum atomic E-state index is 0.360. The third-order valence-corrected chi connectivity index (χ3v) is 3.67. The summed E-state index contributed by atoms with van der Waals surface area (Å²) in [5, 5.41) is 0.557. The topological polar surface area (TPSA) is 44.5 Å². The number of rotatable bonds is 5. The fourth-order valence-electron chi connectivity index (χ4n) is 1.89. The van der Waals surface area contributed by atoms with Crippen LogP contribution in [0.1, 0.15) is 11.1 Å². The summed E-state index contributed by atoms with van der Waals surface area (Å²) < 4.78 is 12.1. The van der Waals surface area contributed by atoms with E-state index in [0.29, 0.717) is 23.9 Å². The molecule has 0 spiro atoms. The maximum atomic E-state index is 6.16. The van der Waals surface area contributed by atoms with E-state index in [-0.39, 0.29) is 0 Å². The van der Waals surface area contributed by atoms with Crippen LogP contribution in [-0.2, 0) is 13.2 Å². The molecule has 2 aromatic carbocycles. The Morgan fingerprint density at radius 1 is 1.20 bits per heavy atom. The number of methoxy groups -OCH3 is 1. The van der Waals surface area contributed by atoms with E-state index in [9.17, 15) is 0 Å². The minimum Gasteiger partial charge on any atom is -0.496 e. The van der Waals surface area contributed by atoms with Crippen LogP contribution in [-0.4, -0.2) is 7.11 Å². The van der Waals surface area contributed by atoms with Crippen molar-refractivity contribution in [3.05, 3.63) is 57.0 Å². The minimum absolute atomic E-state index is 0.360. The Morgan fingerprint density at radius 3 is 2.70 bits per heavy atom. The van der Waals surface area contributed by atoms with Crippen molar-refractivity contribution in [2.45, 2.75) is 13.2 Å². The van der Waals surface area contributed by atoms with Gasteiger partial charge in [0.05, 0.1) is 12.1 Å². The van der Waals surface area contributed by atoms with Crippen molar-refractivity contribution in [3.63, 3.8) is 0 Å². The maximum absolute atomic E-state index is 6.16. The third-order valence-electron chi connectivity index (χ3n) is 2.88. The van der Waals surface area contributed by atoms with E-state index in [4.69, 9.17) is 26.8 Å². The SMILES string of the molecule is COc1ccc(Br)cc1COc1c(Cl)cccc1CN. The van der Waals surface area contributed by atoms with Gasteiger partial charge in [-0.05, 0) is 24.3 Å². The summed E-state index contributed by atoms with van der Waals surface area (Å²) in [6.07, 6.45) is 0. The highest BCUT2D eigenvalue weighted by Gasteiger charge is 2.10. The van der Waals surface area contributed by atoms with Gasteiger partial charge in [-0.3, -0.25) is 0 Å². The fourth-order valence-corrected chi connectivity index (χ4v) is 2.54. The summed E-state index contributed by atoms with van der Waals surface area (Å²) in [4.78, 5) is 0. The molecule has 2 N–H and O–H groups in total. The molecule has 0 saturated heterocycles. The molecular formula is C15H15BrClNO2. The summed E-state index contributed by atoms with van der Waals surface area (Å²) in [6, 6.07) is 11.3. The second kappa shape index (κ2) is 6.97. The summed E-state index contributed by atoms with van der Waals surface area (Å²) in [6.45, 7) is 0.741. The highest BCUT2D eigenvalue weighted by molar-refractivity contribution is 9.10. The Morgan fingerprint density at radius 2 is 2.00 bits per heavy atom. The van der Waals surface area contributed by atoms with Gasteiger partial charge in [0.15, 0.2) is 0 Å². The number of hydrogen-bond donors (Lipinski definition) is 1. The number of ether oxygens (including phenoxy) is 2. The molecule has 106 valence electrons. The van der Waals surface area contributed by atoms with Crippen LogP contribution in [0.4, 0.5) is 0 Å². The van der Waals surface area contributed by atoms with Crippen molar-refractivity contribution < 1.29 is 9.47 Å². The van der Waals surface area contributed by atoms with E-state index >= 15 is 0 Å². The van der Waals surface area contributed by atoms with Crippen molar-refractivity contribution in [2.24, 2.45) is 5.73 Å². The van der Waals surface area contributed by atoms with Gasteiger partial charge in [0.2, 0.25) is 0 Å². The zero-order chi connectivity index (χ0) is 14.5. The molecule has 0 aliphatic rings. The van der Waals surface area contributed by atoms with Crippen LogP contribution in [0.2, 0.25) is 5.02 Å². The first-order chi connectivity index (χ1) is 9.65. The first kappa shape index (κ1) is 15.2. The summed E-state index contributed by atoms with van der Waals surface area (Å²) >= 11 is 9.60. The molecule has 0 radical (unpaired) electrons. The normalized spacial score (nSPS) is 10.4. The van der Waals surface area contributed by atoms with Crippen LogP contribution >= 0.6 is 27.5 Å². The largest absolute Gasteiger partial charge is 0.496 e. The lowest BCUT2D eigenvalue weighted by atomic mass is 10.2. The van der Waals surface area contributed by atoms with Gasteiger partial charge in [0, 0.05) is 22.1 Å². The third kappa shape index (κ3) is 3.45. The average molecular weight is 357 g/mol. The van der Waals surface area contributed by atoms with E-state index in [2.05, 4.69) is 15.9 Å². The average Bonchev–Trinajstić information content (AvgIpc) is 2.46.